The first-order valence-electron chi connectivity index (χ1n) is 7.55. The lowest BCUT2D eigenvalue weighted by Gasteiger charge is -2.11. The molecule has 7 heteroatoms. The summed E-state index contributed by atoms with van der Waals surface area (Å²) in [5.41, 5.74) is 2.37. The van der Waals surface area contributed by atoms with E-state index in [0.29, 0.717) is 5.69 Å². The van der Waals surface area contributed by atoms with Crippen molar-refractivity contribution in [2.75, 3.05) is 31.4 Å². The maximum Gasteiger partial charge on any atom is 0.178 e. The largest absolute Gasteiger partial charge is 0.396 e. The van der Waals surface area contributed by atoms with Gasteiger partial charge in [-0.2, -0.15) is 10.2 Å². The predicted molar refractivity (Wildman–Crippen MR) is 95.1 cm³/mol. The average Bonchev–Trinajstić information content (AvgIpc) is 2.59. The number of nitrogens with zero attached hydrogens (tertiary/aromatic N) is 3. The molecule has 0 spiro atoms. The average molecular weight is 347 g/mol. The van der Waals surface area contributed by atoms with Gasteiger partial charge < -0.3 is 10.0 Å². The van der Waals surface area contributed by atoms with Crippen molar-refractivity contribution in [1.29, 1.82) is 0 Å². The van der Waals surface area contributed by atoms with Crippen LogP contribution in [0.3, 0.4) is 0 Å². The van der Waals surface area contributed by atoms with Crippen molar-refractivity contribution < 1.29 is 13.5 Å². The normalized spacial score (nSPS) is 11.8. The third kappa shape index (κ3) is 4.87. The van der Waals surface area contributed by atoms with Crippen molar-refractivity contribution in [3.05, 3.63) is 48.5 Å². The number of hydrogen-bond acceptors (Lipinski definition) is 6. The topological polar surface area (TPSA) is 82.3 Å². The van der Waals surface area contributed by atoms with Gasteiger partial charge in [-0.3, -0.25) is 0 Å². The number of sulfone groups is 1. The zero-order valence-corrected chi connectivity index (χ0v) is 14.6. The van der Waals surface area contributed by atoms with E-state index in [2.05, 4.69) is 10.2 Å². The van der Waals surface area contributed by atoms with Gasteiger partial charge in [-0.1, -0.05) is 0 Å². The van der Waals surface area contributed by atoms with Gasteiger partial charge in [0.15, 0.2) is 9.84 Å². The van der Waals surface area contributed by atoms with Crippen LogP contribution >= 0.6 is 0 Å². The van der Waals surface area contributed by atoms with Gasteiger partial charge in [0.1, 0.15) is 0 Å². The van der Waals surface area contributed by atoms with E-state index in [-0.39, 0.29) is 23.7 Å². The predicted octanol–water partition coefficient (Wildman–Crippen LogP) is 3.32. The number of hydrogen-bond donors (Lipinski definition) is 1. The highest BCUT2D eigenvalue weighted by Gasteiger charge is 2.13. The SMILES string of the molecule is CN(C)c1ccc(N=Nc2ccc(S(=O)(=O)CCCO)cc2)cc1. The smallest absolute Gasteiger partial charge is 0.178 e. The molecule has 6 nitrogen and oxygen atoms in total. The molecule has 0 heterocycles. The fourth-order valence-corrected chi connectivity index (χ4v) is 3.32. The van der Waals surface area contributed by atoms with Crippen LogP contribution < -0.4 is 4.90 Å². The first kappa shape index (κ1) is 18.1. The summed E-state index contributed by atoms with van der Waals surface area (Å²) < 4.78 is 24.0. The van der Waals surface area contributed by atoms with Gasteiger partial charge in [0.25, 0.3) is 0 Å². The summed E-state index contributed by atoms with van der Waals surface area (Å²) in [5.74, 6) is -0.0669. The molecule has 0 bridgehead atoms. The molecule has 0 aliphatic rings. The summed E-state index contributed by atoms with van der Waals surface area (Å²) in [6.45, 7) is -0.141. The fraction of sp³-hybridized carbons (Fsp3) is 0.294. The zero-order chi connectivity index (χ0) is 17.6. The molecule has 1 N–H and O–H groups in total. The van der Waals surface area contributed by atoms with E-state index in [4.69, 9.17) is 5.11 Å². The maximum absolute atomic E-state index is 12.0. The molecule has 2 aromatic carbocycles. The second kappa shape index (κ2) is 8.03. The van der Waals surface area contributed by atoms with Crippen LogP contribution in [0.4, 0.5) is 17.1 Å². The van der Waals surface area contributed by atoms with E-state index < -0.39 is 9.84 Å². The van der Waals surface area contributed by atoms with Crippen LogP contribution in [0.5, 0.6) is 0 Å². The Kier molecular flexibility index (Phi) is 6.05. The Bertz CT molecular complexity index is 783. The minimum absolute atomic E-state index is 0.0669. The summed E-state index contributed by atoms with van der Waals surface area (Å²) in [5, 5.41) is 17.0. The highest BCUT2D eigenvalue weighted by molar-refractivity contribution is 7.91. The van der Waals surface area contributed by atoms with Gasteiger partial charge >= 0.3 is 0 Å². The van der Waals surface area contributed by atoms with Crippen LogP contribution in [-0.4, -0.2) is 40.0 Å². The third-order valence-corrected chi connectivity index (χ3v) is 5.23. The molecule has 0 amide bonds. The lowest BCUT2D eigenvalue weighted by atomic mass is 10.3. The molecule has 128 valence electrons. The number of benzene rings is 2. The van der Waals surface area contributed by atoms with E-state index in [9.17, 15) is 8.42 Å². The number of rotatable bonds is 7. The van der Waals surface area contributed by atoms with Crippen LogP contribution in [0.25, 0.3) is 0 Å². The standard InChI is InChI=1S/C17H21N3O3S/c1-20(2)16-8-4-14(5-9-16)18-19-15-6-10-17(11-7-15)24(22,23)13-3-12-21/h4-11,21H,3,12-13H2,1-2H3. The molecule has 2 aromatic rings. The maximum atomic E-state index is 12.0. The summed E-state index contributed by atoms with van der Waals surface area (Å²) in [6, 6.07) is 13.9. The Morgan fingerprint density at radius 3 is 1.88 bits per heavy atom. The van der Waals surface area contributed by atoms with E-state index in [1.807, 2.05) is 43.3 Å². The monoisotopic (exact) mass is 347 g/mol. The number of aliphatic hydroxyl groups excluding tert-OH is 1. The Morgan fingerprint density at radius 1 is 0.917 bits per heavy atom. The highest BCUT2D eigenvalue weighted by atomic mass is 32.2. The fourth-order valence-electron chi connectivity index (χ4n) is 2.03. The molecule has 0 saturated heterocycles. The van der Waals surface area contributed by atoms with Crippen LogP contribution in [0.15, 0.2) is 63.7 Å². The first-order chi connectivity index (χ1) is 11.4. The Hall–Kier alpha value is -2.25. The first-order valence-corrected chi connectivity index (χ1v) is 9.20. The van der Waals surface area contributed by atoms with Crippen LogP contribution in [-0.2, 0) is 9.84 Å². The van der Waals surface area contributed by atoms with Crippen molar-refractivity contribution in [3.63, 3.8) is 0 Å². The molecule has 0 fully saturated rings. The third-order valence-electron chi connectivity index (χ3n) is 3.41. The van der Waals surface area contributed by atoms with Gasteiger partial charge in [-0.05, 0) is 55.0 Å². The number of aliphatic hydroxyl groups is 1. The highest BCUT2D eigenvalue weighted by Crippen LogP contribution is 2.22. The van der Waals surface area contributed by atoms with Gasteiger partial charge in [0.2, 0.25) is 0 Å². The van der Waals surface area contributed by atoms with Crippen molar-refractivity contribution in [3.8, 4) is 0 Å². The lowest BCUT2D eigenvalue weighted by Crippen LogP contribution is -2.07. The number of azo groups is 1. The van der Waals surface area contributed by atoms with Gasteiger partial charge in [0, 0.05) is 26.4 Å². The number of anilines is 1. The van der Waals surface area contributed by atoms with Crippen molar-refractivity contribution in [2.24, 2.45) is 10.2 Å². The van der Waals surface area contributed by atoms with E-state index in [1.165, 1.54) is 12.1 Å². The van der Waals surface area contributed by atoms with Crippen LogP contribution in [0.1, 0.15) is 6.42 Å². The minimum Gasteiger partial charge on any atom is -0.396 e. The van der Waals surface area contributed by atoms with Gasteiger partial charge in [-0.15, -0.1) is 0 Å². The second-order valence-corrected chi connectivity index (χ2v) is 7.61. The second-order valence-electron chi connectivity index (χ2n) is 5.50. The molecule has 0 saturated carbocycles. The lowest BCUT2D eigenvalue weighted by molar-refractivity contribution is 0.295. The molecule has 0 unspecified atom stereocenters. The Balaban J connectivity index is 2.08. The Morgan fingerprint density at radius 2 is 1.42 bits per heavy atom. The minimum atomic E-state index is -3.36. The summed E-state index contributed by atoms with van der Waals surface area (Å²) in [4.78, 5) is 2.22. The summed E-state index contributed by atoms with van der Waals surface area (Å²) in [6.07, 6.45) is 0.229. The molecular weight excluding hydrogens is 326 g/mol. The van der Waals surface area contributed by atoms with E-state index in [0.717, 1.165) is 11.4 Å². The molecule has 0 aliphatic heterocycles. The van der Waals surface area contributed by atoms with E-state index >= 15 is 0 Å². The zero-order valence-electron chi connectivity index (χ0n) is 13.8. The van der Waals surface area contributed by atoms with Gasteiger partial charge in [0.05, 0.1) is 22.0 Å². The molecule has 0 aromatic heterocycles. The summed E-state index contributed by atoms with van der Waals surface area (Å²) in [7, 11) is 0.574. The molecule has 0 radical (unpaired) electrons. The molecule has 0 aliphatic carbocycles. The van der Waals surface area contributed by atoms with Gasteiger partial charge in [-0.25, -0.2) is 8.42 Å². The molecule has 0 atom stereocenters. The molecule has 24 heavy (non-hydrogen) atoms. The van der Waals surface area contributed by atoms with Crippen LogP contribution in [0.2, 0.25) is 0 Å². The molecule has 2 rings (SSSR count). The van der Waals surface area contributed by atoms with Crippen molar-refractivity contribution >= 4 is 26.9 Å². The van der Waals surface area contributed by atoms with E-state index in [1.54, 1.807) is 12.1 Å². The summed E-state index contributed by atoms with van der Waals surface area (Å²) >= 11 is 0. The quantitative estimate of drug-likeness (QED) is 0.779. The van der Waals surface area contributed by atoms with Crippen molar-refractivity contribution in [2.45, 2.75) is 11.3 Å². The van der Waals surface area contributed by atoms with Crippen LogP contribution in [0, 0.1) is 0 Å². The Labute approximate surface area is 142 Å². The van der Waals surface area contributed by atoms with Crippen molar-refractivity contribution in [1.82, 2.24) is 0 Å². The molecular formula is C17H21N3O3S.